The van der Waals surface area contributed by atoms with Crippen molar-refractivity contribution in [1.29, 1.82) is 0 Å². The highest BCUT2D eigenvalue weighted by molar-refractivity contribution is 7.92. The van der Waals surface area contributed by atoms with Crippen LogP contribution >= 0.6 is 11.6 Å². The molecule has 0 fully saturated rings. The molecule has 0 aliphatic rings. The van der Waals surface area contributed by atoms with Gasteiger partial charge in [-0.2, -0.15) is 0 Å². The number of ether oxygens (including phenoxy) is 1. The second-order valence-electron chi connectivity index (χ2n) is 11.0. The van der Waals surface area contributed by atoms with Crippen LogP contribution in [0.5, 0.6) is 5.75 Å². The standard InChI is InChI=1S/C35H38ClN3O5S/c1-26(2)37-35(41)33(22-27-12-6-4-7-13-27)38(23-29-16-10-11-17-32(29)36)34(40)24-39(45(3,42)43)30-18-20-31(21-19-30)44-25-28-14-8-5-9-15-28/h4-21,26,33H,22-25H2,1-3H3,(H,37,41). The maximum Gasteiger partial charge on any atom is 0.244 e. The molecule has 4 aromatic rings. The van der Waals surface area contributed by atoms with Crippen molar-refractivity contribution in [2.45, 2.75) is 45.5 Å². The van der Waals surface area contributed by atoms with Gasteiger partial charge in [0, 0.05) is 24.0 Å². The molecule has 1 unspecified atom stereocenters. The Morgan fingerprint density at radius 1 is 0.822 bits per heavy atom. The zero-order chi connectivity index (χ0) is 32.4. The lowest BCUT2D eigenvalue weighted by Gasteiger charge is -2.34. The lowest BCUT2D eigenvalue weighted by molar-refractivity contribution is -0.140. The average molecular weight is 648 g/mol. The average Bonchev–Trinajstić information content (AvgIpc) is 3.01. The van der Waals surface area contributed by atoms with E-state index in [0.717, 1.165) is 21.7 Å². The van der Waals surface area contributed by atoms with Crippen LogP contribution in [0.2, 0.25) is 5.02 Å². The van der Waals surface area contributed by atoms with E-state index in [-0.39, 0.29) is 24.9 Å². The smallest absolute Gasteiger partial charge is 0.244 e. The SMILES string of the molecule is CC(C)NC(=O)C(Cc1ccccc1)N(Cc1ccccc1Cl)C(=O)CN(c1ccc(OCc2ccccc2)cc1)S(C)(=O)=O. The first-order valence-corrected chi connectivity index (χ1v) is 16.9. The van der Waals surface area contributed by atoms with Gasteiger partial charge in [0.25, 0.3) is 0 Å². The van der Waals surface area contributed by atoms with E-state index in [4.69, 9.17) is 16.3 Å². The van der Waals surface area contributed by atoms with Gasteiger partial charge in [0.1, 0.15) is 24.9 Å². The summed E-state index contributed by atoms with van der Waals surface area (Å²) < 4.78 is 33.0. The van der Waals surface area contributed by atoms with Crippen molar-refractivity contribution < 1.29 is 22.7 Å². The van der Waals surface area contributed by atoms with Gasteiger partial charge < -0.3 is 15.0 Å². The highest BCUT2D eigenvalue weighted by Gasteiger charge is 2.33. The van der Waals surface area contributed by atoms with Crippen molar-refractivity contribution in [1.82, 2.24) is 10.2 Å². The van der Waals surface area contributed by atoms with Crippen LogP contribution in [-0.4, -0.2) is 50.0 Å². The molecule has 0 aliphatic carbocycles. The van der Waals surface area contributed by atoms with Crippen molar-refractivity contribution in [3.8, 4) is 5.75 Å². The molecule has 0 radical (unpaired) electrons. The zero-order valence-electron chi connectivity index (χ0n) is 25.6. The second kappa shape index (κ2) is 15.6. The van der Waals surface area contributed by atoms with Crippen LogP contribution in [0.4, 0.5) is 5.69 Å². The number of rotatable bonds is 14. The Labute approximate surface area is 270 Å². The van der Waals surface area contributed by atoms with E-state index in [9.17, 15) is 18.0 Å². The van der Waals surface area contributed by atoms with Crippen LogP contribution in [-0.2, 0) is 39.2 Å². The predicted molar refractivity (Wildman–Crippen MR) is 179 cm³/mol. The van der Waals surface area contributed by atoms with Gasteiger partial charge in [0.15, 0.2) is 0 Å². The molecule has 1 N–H and O–H groups in total. The number of hydrogen-bond donors (Lipinski definition) is 1. The van der Waals surface area contributed by atoms with Gasteiger partial charge in [-0.15, -0.1) is 0 Å². The largest absolute Gasteiger partial charge is 0.489 e. The molecule has 0 spiro atoms. The molecule has 0 bridgehead atoms. The summed E-state index contributed by atoms with van der Waals surface area (Å²) in [5.74, 6) is -0.347. The summed E-state index contributed by atoms with van der Waals surface area (Å²) in [5, 5.41) is 3.37. The summed E-state index contributed by atoms with van der Waals surface area (Å²) in [6.45, 7) is 3.53. The van der Waals surface area contributed by atoms with E-state index in [1.54, 1.807) is 48.5 Å². The number of halogens is 1. The number of carbonyl (C=O) groups is 2. The van der Waals surface area contributed by atoms with Crippen LogP contribution in [0.3, 0.4) is 0 Å². The maximum atomic E-state index is 14.2. The number of carbonyl (C=O) groups excluding carboxylic acids is 2. The summed E-state index contributed by atoms with van der Waals surface area (Å²) >= 11 is 6.50. The molecular formula is C35H38ClN3O5S. The third kappa shape index (κ3) is 9.83. The number of hydrogen-bond acceptors (Lipinski definition) is 5. The summed E-state index contributed by atoms with van der Waals surface area (Å²) in [4.78, 5) is 29.3. The Kier molecular flexibility index (Phi) is 11.6. The summed E-state index contributed by atoms with van der Waals surface area (Å²) in [7, 11) is -3.90. The van der Waals surface area contributed by atoms with Crippen LogP contribution < -0.4 is 14.4 Å². The molecule has 2 amide bonds. The topological polar surface area (TPSA) is 96.0 Å². The van der Waals surface area contributed by atoms with E-state index in [2.05, 4.69) is 5.32 Å². The minimum absolute atomic E-state index is 0.00535. The van der Waals surface area contributed by atoms with Gasteiger partial charge in [-0.1, -0.05) is 90.5 Å². The fourth-order valence-corrected chi connectivity index (χ4v) is 5.85. The molecule has 0 heterocycles. The van der Waals surface area contributed by atoms with Crippen LogP contribution in [0.1, 0.15) is 30.5 Å². The Morgan fingerprint density at radius 2 is 1.40 bits per heavy atom. The number of anilines is 1. The summed E-state index contributed by atoms with van der Waals surface area (Å²) in [6, 6.07) is 31.5. The molecule has 10 heteroatoms. The molecule has 0 saturated carbocycles. The minimum Gasteiger partial charge on any atom is -0.489 e. The lowest BCUT2D eigenvalue weighted by Crippen LogP contribution is -2.54. The van der Waals surface area contributed by atoms with Gasteiger partial charge in [-0.05, 0) is 60.9 Å². The van der Waals surface area contributed by atoms with Crippen LogP contribution in [0.25, 0.3) is 0 Å². The number of sulfonamides is 1. The van der Waals surface area contributed by atoms with Crippen LogP contribution in [0, 0.1) is 0 Å². The Hall–Kier alpha value is -4.34. The summed E-state index contributed by atoms with van der Waals surface area (Å²) in [6.07, 6.45) is 1.27. The van der Waals surface area contributed by atoms with E-state index < -0.39 is 28.5 Å². The van der Waals surface area contributed by atoms with Gasteiger partial charge in [-0.25, -0.2) is 8.42 Å². The molecule has 8 nitrogen and oxygen atoms in total. The quantitative estimate of drug-likeness (QED) is 0.185. The monoisotopic (exact) mass is 647 g/mol. The Balaban J connectivity index is 1.65. The van der Waals surface area contributed by atoms with Crippen LogP contribution in [0.15, 0.2) is 109 Å². The maximum absolute atomic E-state index is 14.2. The van der Waals surface area contributed by atoms with E-state index >= 15 is 0 Å². The van der Waals surface area contributed by atoms with Gasteiger partial charge in [-0.3, -0.25) is 13.9 Å². The van der Waals surface area contributed by atoms with Crippen molar-refractivity contribution in [2.24, 2.45) is 0 Å². The molecule has 4 aromatic carbocycles. The summed E-state index contributed by atoms with van der Waals surface area (Å²) in [5.41, 5.74) is 2.77. The van der Waals surface area contributed by atoms with Crippen molar-refractivity contribution in [3.05, 3.63) is 131 Å². The third-order valence-electron chi connectivity index (χ3n) is 7.05. The third-order valence-corrected chi connectivity index (χ3v) is 8.56. The van der Waals surface area contributed by atoms with E-state index in [1.165, 1.54) is 4.90 Å². The van der Waals surface area contributed by atoms with Gasteiger partial charge >= 0.3 is 0 Å². The fraction of sp³-hybridized carbons (Fsp3) is 0.257. The lowest BCUT2D eigenvalue weighted by atomic mass is 10.0. The molecule has 236 valence electrons. The minimum atomic E-state index is -3.90. The molecule has 0 aromatic heterocycles. The number of benzene rings is 4. The van der Waals surface area contributed by atoms with E-state index in [1.807, 2.05) is 74.5 Å². The Morgan fingerprint density at radius 3 is 1.98 bits per heavy atom. The van der Waals surface area contributed by atoms with Gasteiger partial charge in [0.2, 0.25) is 21.8 Å². The predicted octanol–water partition coefficient (Wildman–Crippen LogP) is 5.85. The molecule has 4 rings (SSSR count). The second-order valence-corrected chi connectivity index (χ2v) is 13.3. The first-order chi connectivity index (χ1) is 21.5. The molecule has 45 heavy (non-hydrogen) atoms. The first-order valence-electron chi connectivity index (χ1n) is 14.6. The fourth-order valence-electron chi connectivity index (χ4n) is 4.81. The van der Waals surface area contributed by atoms with E-state index in [0.29, 0.717) is 28.6 Å². The normalized spacial score (nSPS) is 11.9. The number of amides is 2. The molecule has 0 saturated heterocycles. The molecular weight excluding hydrogens is 610 g/mol. The van der Waals surface area contributed by atoms with Crippen molar-refractivity contribution >= 4 is 39.1 Å². The highest BCUT2D eigenvalue weighted by Crippen LogP contribution is 2.25. The van der Waals surface area contributed by atoms with Crippen molar-refractivity contribution in [3.63, 3.8) is 0 Å². The molecule has 0 aliphatic heterocycles. The Bertz CT molecular complexity index is 1670. The highest BCUT2D eigenvalue weighted by atomic mass is 35.5. The van der Waals surface area contributed by atoms with Gasteiger partial charge in [0.05, 0.1) is 11.9 Å². The zero-order valence-corrected chi connectivity index (χ0v) is 27.2. The number of nitrogens with one attached hydrogen (secondary N) is 1. The van der Waals surface area contributed by atoms with Crippen molar-refractivity contribution in [2.75, 3.05) is 17.1 Å². The molecule has 1 atom stereocenters. The first kappa shape index (κ1) is 33.6. The number of nitrogens with zero attached hydrogens (tertiary/aromatic N) is 2.